The Morgan fingerprint density at radius 2 is 2.21 bits per heavy atom. The zero-order valence-corrected chi connectivity index (χ0v) is 8.32. The summed E-state index contributed by atoms with van der Waals surface area (Å²) >= 11 is 0. The van der Waals surface area contributed by atoms with Crippen LogP contribution >= 0.6 is 0 Å². The standard InChI is InChI=1S/C10H16N4/c1-2-8(1)11-6-5-10-13-12-7-14(10)9-3-4-9/h7-9,11H,1-6H2. The number of nitrogens with zero attached hydrogens (tertiary/aromatic N) is 3. The van der Waals surface area contributed by atoms with Crippen LogP contribution in [0.4, 0.5) is 0 Å². The van der Waals surface area contributed by atoms with Gasteiger partial charge in [0.25, 0.3) is 0 Å². The summed E-state index contributed by atoms with van der Waals surface area (Å²) in [6, 6.07) is 1.51. The molecule has 2 saturated carbocycles. The summed E-state index contributed by atoms with van der Waals surface area (Å²) in [7, 11) is 0. The first kappa shape index (κ1) is 8.41. The van der Waals surface area contributed by atoms with Gasteiger partial charge >= 0.3 is 0 Å². The molecule has 1 N–H and O–H groups in total. The lowest BCUT2D eigenvalue weighted by molar-refractivity contribution is 0.623. The van der Waals surface area contributed by atoms with Gasteiger partial charge in [-0.25, -0.2) is 0 Å². The summed E-state index contributed by atoms with van der Waals surface area (Å²) in [5, 5.41) is 11.6. The molecule has 1 aromatic rings. The van der Waals surface area contributed by atoms with E-state index in [4.69, 9.17) is 0 Å². The summed E-state index contributed by atoms with van der Waals surface area (Å²) in [5.41, 5.74) is 0. The number of aromatic nitrogens is 3. The van der Waals surface area contributed by atoms with E-state index in [1.807, 2.05) is 6.33 Å². The normalized spacial score (nSPS) is 21.4. The van der Waals surface area contributed by atoms with Crippen LogP contribution in [0.2, 0.25) is 0 Å². The second kappa shape index (κ2) is 3.35. The molecule has 1 aromatic heterocycles. The first-order valence-electron chi connectivity index (χ1n) is 5.55. The van der Waals surface area contributed by atoms with Crippen LogP contribution in [0.25, 0.3) is 0 Å². The van der Waals surface area contributed by atoms with E-state index in [0.29, 0.717) is 6.04 Å². The van der Waals surface area contributed by atoms with Crippen LogP contribution in [0.3, 0.4) is 0 Å². The van der Waals surface area contributed by atoms with Gasteiger partial charge in [-0.3, -0.25) is 0 Å². The Hall–Kier alpha value is -0.900. The third-order valence-corrected chi connectivity index (χ3v) is 2.95. The summed E-state index contributed by atoms with van der Waals surface area (Å²) in [6.45, 7) is 1.05. The Morgan fingerprint density at radius 1 is 1.36 bits per heavy atom. The van der Waals surface area contributed by atoms with Crippen molar-refractivity contribution in [1.29, 1.82) is 0 Å². The molecule has 0 radical (unpaired) electrons. The van der Waals surface area contributed by atoms with Crippen molar-refractivity contribution < 1.29 is 0 Å². The molecule has 0 aromatic carbocycles. The molecule has 0 bridgehead atoms. The van der Waals surface area contributed by atoms with Crippen LogP contribution < -0.4 is 5.32 Å². The molecule has 2 aliphatic rings. The van der Waals surface area contributed by atoms with E-state index in [2.05, 4.69) is 20.1 Å². The maximum atomic E-state index is 4.17. The lowest BCUT2D eigenvalue weighted by Crippen LogP contribution is -2.20. The van der Waals surface area contributed by atoms with Crippen molar-refractivity contribution in [2.24, 2.45) is 0 Å². The SMILES string of the molecule is c1nnc(CCNC2CC2)n1C1CC1. The lowest BCUT2D eigenvalue weighted by atomic mass is 10.4. The fourth-order valence-electron chi connectivity index (χ4n) is 1.78. The molecule has 3 rings (SSSR count). The highest BCUT2D eigenvalue weighted by molar-refractivity contribution is 4.95. The highest BCUT2D eigenvalue weighted by Gasteiger charge is 2.26. The molecule has 0 aliphatic heterocycles. The Morgan fingerprint density at radius 3 is 2.93 bits per heavy atom. The number of hydrogen-bond acceptors (Lipinski definition) is 3. The van der Waals surface area contributed by atoms with Crippen LogP contribution in [-0.2, 0) is 6.42 Å². The Labute approximate surface area is 83.7 Å². The largest absolute Gasteiger partial charge is 0.314 e. The molecule has 0 spiro atoms. The highest BCUT2D eigenvalue weighted by atomic mass is 15.3. The van der Waals surface area contributed by atoms with E-state index in [-0.39, 0.29) is 0 Å². The van der Waals surface area contributed by atoms with Gasteiger partial charge in [0.1, 0.15) is 12.2 Å². The molecule has 4 heteroatoms. The highest BCUT2D eigenvalue weighted by Crippen LogP contribution is 2.35. The Balaban J connectivity index is 1.55. The topological polar surface area (TPSA) is 42.7 Å². The van der Waals surface area contributed by atoms with E-state index in [1.54, 1.807) is 0 Å². The molecule has 0 amide bonds. The van der Waals surface area contributed by atoms with Gasteiger partial charge in [-0.1, -0.05) is 0 Å². The van der Waals surface area contributed by atoms with Crippen molar-refractivity contribution in [1.82, 2.24) is 20.1 Å². The molecular formula is C10H16N4. The molecule has 0 atom stereocenters. The fraction of sp³-hybridized carbons (Fsp3) is 0.800. The van der Waals surface area contributed by atoms with Crippen molar-refractivity contribution >= 4 is 0 Å². The zero-order chi connectivity index (χ0) is 9.38. The summed E-state index contributed by atoms with van der Waals surface area (Å²) < 4.78 is 2.24. The van der Waals surface area contributed by atoms with E-state index < -0.39 is 0 Å². The predicted octanol–water partition coefficient (Wildman–Crippen LogP) is 0.907. The second-order valence-corrected chi connectivity index (χ2v) is 4.36. The van der Waals surface area contributed by atoms with Crippen LogP contribution in [-0.4, -0.2) is 27.4 Å². The van der Waals surface area contributed by atoms with Gasteiger partial charge in [0.2, 0.25) is 0 Å². The van der Waals surface area contributed by atoms with Gasteiger partial charge in [0.15, 0.2) is 0 Å². The maximum absolute atomic E-state index is 4.17. The molecule has 2 fully saturated rings. The van der Waals surface area contributed by atoms with Crippen molar-refractivity contribution in [3.63, 3.8) is 0 Å². The molecule has 0 saturated heterocycles. The molecule has 4 nitrogen and oxygen atoms in total. The summed E-state index contributed by atoms with van der Waals surface area (Å²) in [5.74, 6) is 1.15. The Kier molecular flexibility index (Phi) is 2.01. The van der Waals surface area contributed by atoms with Crippen molar-refractivity contribution in [3.05, 3.63) is 12.2 Å². The second-order valence-electron chi connectivity index (χ2n) is 4.36. The minimum Gasteiger partial charge on any atom is -0.314 e. The molecule has 0 unspecified atom stereocenters. The van der Waals surface area contributed by atoms with Gasteiger partial charge in [0, 0.05) is 25.0 Å². The number of rotatable bonds is 5. The average molecular weight is 192 g/mol. The van der Waals surface area contributed by atoms with Gasteiger partial charge in [0.05, 0.1) is 0 Å². The van der Waals surface area contributed by atoms with E-state index >= 15 is 0 Å². The molecular weight excluding hydrogens is 176 g/mol. The maximum Gasteiger partial charge on any atom is 0.134 e. The molecule has 14 heavy (non-hydrogen) atoms. The third-order valence-electron chi connectivity index (χ3n) is 2.95. The van der Waals surface area contributed by atoms with E-state index in [1.165, 1.54) is 25.7 Å². The molecule has 1 heterocycles. The summed E-state index contributed by atoms with van der Waals surface area (Å²) in [6.07, 6.45) is 8.23. The van der Waals surface area contributed by atoms with Crippen LogP contribution in [0.15, 0.2) is 6.33 Å². The third kappa shape index (κ3) is 1.80. The van der Waals surface area contributed by atoms with Crippen LogP contribution in [0, 0.1) is 0 Å². The first-order chi connectivity index (χ1) is 6.93. The lowest BCUT2D eigenvalue weighted by Gasteiger charge is -2.04. The quantitative estimate of drug-likeness (QED) is 0.754. The monoisotopic (exact) mass is 192 g/mol. The van der Waals surface area contributed by atoms with Gasteiger partial charge < -0.3 is 9.88 Å². The predicted molar refractivity (Wildman–Crippen MR) is 53.0 cm³/mol. The fourth-order valence-corrected chi connectivity index (χ4v) is 1.78. The summed E-state index contributed by atoms with van der Waals surface area (Å²) in [4.78, 5) is 0. The first-order valence-corrected chi connectivity index (χ1v) is 5.55. The van der Waals surface area contributed by atoms with Crippen molar-refractivity contribution in [3.8, 4) is 0 Å². The van der Waals surface area contributed by atoms with E-state index in [0.717, 1.165) is 24.8 Å². The number of hydrogen-bond donors (Lipinski definition) is 1. The van der Waals surface area contributed by atoms with Crippen LogP contribution in [0.1, 0.15) is 37.5 Å². The molecule has 2 aliphatic carbocycles. The van der Waals surface area contributed by atoms with Gasteiger partial charge in [-0.2, -0.15) is 0 Å². The average Bonchev–Trinajstić information content (AvgIpc) is 3.08. The zero-order valence-electron chi connectivity index (χ0n) is 8.32. The minimum atomic E-state index is 0.709. The van der Waals surface area contributed by atoms with Crippen LogP contribution in [0.5, 0.6) is 0 Å². The van der Waals surface area contributed by atoms with Crippen molar-refractivity contribution in [2.45, 2.75) is 44.2 Å². The van der Waals surface area contributed by atoms with Gasteiger partial charge in [-0.15, -0.1) is 10.2 Å². The van der Waals surface area contributed by atoms with Gasteiger partial charge in [-0.05, 0) is 25.7 Å². The minimum absolute atomic E-state index is 0.709. The van der Waals surface area contributed by atoms with E-state index in [9.17, 15) is 0 Å². The Bertz CT molecular complexity index is 312. The molecule has 76 valence electrons. The number of nitrogens with one attached hydrogen (secondary N) is 1. The van der Waals surface area contributed by atoms with Crippen molar-refractivity contribution in [2.75, 3.05) is 6.54 Å². The smallest absolute Gasteiger partial charge is 0.134 e.